The summed E-state index contributed by atoms with van der Waals surface area (Å²) in [7, 11) is 0. The van der Waals surface area contributed by atoms with Gasteiger partial charge in [0.1, 0.15) is 0 Å². The molecule has 0 aliphatic heterocycles. The van der Waals surface area contributed by atoms with Crippen LogP contribution in [-0.2, 0) is 11.2 Å². The van der Waals surface area contributed by atoms with Gasteiger partial charge < -0.3 is 5.11 Å². The summed E-state index contributed by atoms with van der Waals surface area (Å²) in [5.74, 6) is -3.69. The molecule has 1 aromatic rings. The Morgan fingerprint density at radius 3 is 2.21 bits per heavy atom. The van der Waals surface area contributed by atoms with Gasteiger partial charge in [-0.1, -0.05) is 0 Å². The Balaban J connectivity index is 0.00000180. The van der Waals surface area contributed by atoms with Crippen molar-refractivity contribution in [2.45, 2.75) is 38.0 Å². The maximum absolute atomic E-state index is 13.1. The number of carboxylic acid groups (broad SMARTS) is 1. The van der Waals surface area contributed by atoms with Crippen LogP contribution < -0.4 is 0 Å². The van der Waals surface area contributed by atoms with E-state index in [1.54, 1.807) is 24.5 Å². The van der Waals surface area contributed by atoms with Crippen LogP contribution in [0.3, 0.4) is 0 Å². The Bertz CT molecular complexity index is 430. The minimum absolute atomic E-state index is 0. The first-order valence-electron chi connectivity index (χ1n) is 5.94. The second-order valence-corrected chi connectivity index (χ2v) is 4.97. The third-order valence-electron chi connectivity index (χ3n) is 3.68. The lowest BCUT2D eigenvalue weighted by molar-refractivity contribution is -0.156. The lowest BCUT2D eigenvalue weighted by Gasteiger charge is -2.36. The molecular formula is C13H16ClF2NO2. The third kappa shape index (κ3) is 3.62. The highest BCUT2D eigenvalue weighted by Gasteiger charge is 2.47. The molecule has 0 radical (unpaired) electrons. The smallest absolute Gasteiger partial charge is 0.309 e. The molecule has 0 saturated heterocycles. The first-order valence-corrected chi connectivity index (χ1v) is 5.94. The van der Waals surface area contributed by atoms with E-state index in [2.05, 4.69) is 4.98 Å². The van der Waals surface area contributed by atoms with Crippen LogP contribution in [0.15, 0.2) is 24.5 Å². The average molecular weight is 292 g/mol. The van der Waals surface area contributed by atoms with Gasteiger partial charge >= 0.3 is 5.97 Å². The van der Waals surface area contributed by atoms with Gasteiger partial charge in [-0.15, -0.1) is 12.4 Å². The maximum atomic E-state index is 13.1. The molecule has 0 spiro atoms. The molecule has 106 valence electrons. The van der Waals surface area contributed by atoms with Crippen molar-refractivity contribution in [3.63, 3.8) is 0 Å². The predicted molar refractivity (Wildman–Crippen MR) is 68.7 cm³/mol. The van der Waals surface area contributed by atoms with E-state index in [-0.39, 0.29) is 38.1 Å². The largest absolute Gasteiger partial charge is 0.481 e. The van der Waals surface area contributed by atoms with Crippen molar-refractivity contribution in [1.82, 2.24) is 4.98 Å². The second-order valence-electron chi connectivity index (χ2n) is 4.97. The zero-order chi connectivity index (χ0) is 13.2. The number of aliphatic carboxylic acids is 1. The standard InChI is InChI=1S/C13H15F2NO2.ClH/c14-13(15)5-3-12(4-6-13,11(17)18)9-10-1-7-16-8-2-10;/h1-2,7-8H,3-6,9H2,(H,17,18);1H. The van der Waals surface area contributed by atoms with Gasteiger partial charge in [0.25, 0.3) is 0 Å². The highest BCUT2D eigenvalue weighted by Crippen LogP contribution is 2.45. The topological polar surface area (TPSA) is 50.2 Å². The van der Waals surface area contributed by atoms with E-state index in [4.69, 9.17) is 0 Å². The minimum atomic E-state index is -2.71. The molecule has 1 aliphatic carbocycles. The minimum Gasteiger partial charge on any atom is -0.481 e. The summed E-state index contributed by atoms with van der Waals surface area (Å²) in [4.78, 5) is 15.3. The fraction of sp³-hybridized carbons (Fsp3) is 0.538. The van der Waals surface area contributed by atoms with E-state index < -0.39 is 17.3 Å². The van der Waals surface area contributed by atoms with Gasteiger partial charge in [0.05, 0.1) is 5.41 Å². The van der Waals surface area contributed by atoms with Gasteiger partial charge in [0.2, 0.25) is 5.92 Å². The van der Waals surface area contributed by atoms with Crippen LogP contribution in [0.25, 0.3) is 0 Å². The Morgan fingerprint density at radius 2 is 1.74 bits per heavy atom. The SMILES string of the molecule is Cl.O=C(O)C1(Cc2ccncc2)CCC(F)(F)CC1. The highest BCUT2D eigenvalue weighted by atomic mass is 35.5. The number of carboxylic acids is 1. The summed E-state index contributed by atoms with van der Waals surface area (Å²) in [5, 5.41) is 9.36. The number of hydrogen-bond donors (Lipinski definition) is 1. The van der Waals surface area contributed by atoms with Gasteiger partial charge in [-0.3, -0.25) is 9.78 Å². The Kier molecular flexibility index (Phi) is 4.85. The van der Waals surface area contributed by atoms with Crippen LogP contribution in [0, 0.1) is 5.41 Å². The zero-order valence-electron chi connectivity index (χ0n) is 10.3. The predicted octanol–water partition coefficient (Wildman–Crippen LogP) is 3.33. The van der Waals surface area contributed by atoms with Gasteiger partial charge in [0.15, 0.2) is 0 Å². The molecule has 19 heavy (non-hydrogen) atoms. The van der Waals surface area contributed by atoms with E-state index in [0.29, 0.717) is 6.42 Å². The molecule has 1 aliphatic rings. The van der Waals surface area contributed by atoms with E-state index in [9.17, 15) is 18.7 Å². The number of aromatic nitrogens is 1. The van der Waals surface area contributed by atoms with Crippen molar-refractivity contribution in [2.75, 3.05) is 0 Å². The lowest BCUT2D eigenvalue weighted by Crippen LogP contribution is -2.40. The van der Waals surface area contributed by atoms with Crippen molar-refractivity contribution >= 4 is 18.4 Å². The van der Waals surface area contributed by atoms with Crippen molar-refractivity contribution in [1.29, 1.82) is 0 Å². The first kappa shape index (κ1) is 15.8. The Morgan fingerprint density at radius 1 is 1.21 bits per heavy atom. The number of halogens is 3. The Hall–Kier alpha value is -1.23. The normalized spacial score (nSPS) is 20.3. The van der Waals surface area contributed by atoms with Crippen molar-refractivity contribution < 1.29 is 18.7 Å². The summed E-state index contributed by atoms with van der Waals surface area (Å²) >= 11 is 0. The number of carbonyl (C=O) groups is 1. The fourth-order valence-corrected chi connectivity index (χ4v) is 2.45. The van der Waals surface area contributed by atoms with Gasteiger partial charge in [-0.05, 0) is 37.0 Å². The van der Waals surface area contributed by atoms with Crippen LogP contribution in [0.4, 0.5) is 8.78 Å². The summed E-state index contributed by atoms with van der Waals surface area (Å²) in [6.45, 7) is 0. The molecule has 6 heteroatoms. The van der Waals surface area contributed by atoms with E-state index in [1.807, 2.05) is 0 Å². The molecule has 0 unspecified atom stereocenters. The number of rotatable bonds is 3. The van der Waals surface area contributed by atoms with Crippen molar-refractivity contribution in [3.05, 3.63) is 30.1 Å². The monoisotopic (exact) mass is 291 g/mol. The molecule has 2 rings (SSSR count). The lowest BCUT2D eigenvalue weighted by atomic mass is 9.69. The van der Waals surface area contributed by atoms with E-state index in [1.165, 1.54) is 0 Å². The quantitative estimate of drug-likeness (QED) is 0.929. The van der Waals surface area contributed by atoms with Crippen molar-refractivity contribution in [2.24, 2.45) is 5.41 Å². The molecule has 0 bridgehead atoms. The van der Waals surface area contributed by atoms with Crippen LogP contribution >= 0.6 is 12.4 Å². The maximum Gasteiger partial charge on any atom is 0.309 e. The second kappa shape index (κ2) is 5.82. The molecule has 3 nitrogen and oxygen atoms in total. The molecule has 0 atom stereocenters. The van der Waals surface area contributed by atoms with E-state index in [0.717, 1.165) is 5.56 Å². The fourth-order valence-electron chi connectivity index (χ4n) is 2.45. The number of hydrogen-bond acceptors (Lipinski definition) is 2. The summed E-state index contributed by atoms with van der Waals surface area (Å²) in [6, 6.07) is 3.47. The summed E-state index contributed by atoms with van der Waals surface area (Å²) in [5.41, 5.74) is -0.221. The molecule has 1 fully saturated rings. The molecule has 1 aromatic heterocycles. The average Bonchev–Trinajstić information content (AvgIpc) is 2.33. The van der Waals surface area contributed by atoms with Gasteiger partial charge in [0, 0.05) is 25.2 Å². The van der Waals surface area contributed by atoms with Crippen LogP contribution in [0.1, 0.15) is 31.2 Å². The molecule has 1 N–H and O–H groups in total. The van der Waals surface area contributed by atoms with Crippen LogP contribution in [0.5, 0.6) is 0 Å². The van der Waals surface area contributed by atoms with Gasteiger partial charge in [-0.25, -0.2) is 8.78 Å². The molecular weight excluding hydrogens is 276 g/mol. The number of nitrogens with zero attached hydrogens (tertiary/aromatic N) is 1. The van der Waals surface area contributed by atoms with Crippen molar-refractivity contribution in [3.8, 4) is 0 Å². The zero-order valence-corrected chi connectivity index (χ0v) is 11.1. The summed E-state index contributed by atoms with van der Waals surface area (Å²) in [6.07, 6.45) is 2.83. The van der Waals surface area contributed by atoms with E-state index >= 15 is 0 Å². The number of pyridine rings is 1. The molecule has 0 amide bonds. The van der Waals surface area contributed by atoms with Gasteiger partial charge in [-0.2, -0.15) is 0 Å². The first-order chi connectivity index (χ1) is 8.44. The number of alkyl halides is 2. The Labute approximate surface area is 116 Å². The molecule has 0 aromatic carbocycles. The van der Waals surface area contributed by atoms with Crippen LogP contribution in [-0.4, -0.2) is 22.0 Å². The molecule has 1 heterocycles. The third-order valence-corrected chi connectivity index (χ3v) is 3.68. The van der Waals surface area contributed by atoms with Crippen LogP contribution in [0.2, 0.25) is 0 Å². The molecule has 1 saturated carbocycles. The summed E-state index contributed by atoms with van der Waals surface area (Å²) < 4.78 is 26.3. The highest BCUT2D eigenvalue weighted by molar-refractivity contribution is 5.85.